The predicted octanol–water partition coefficient (Wildman–Crippen LogP) is 3.87. The average Bonchev–Trinajstić information content (AvgIpc) is 2.72. The number of amides is 1. The van der Waals surface area contributed by atoms with Gasteiger partial charge in [0.05, 0.1) is 13.2 Å². The van der Waals surface area contributed by atoms with E-state index in [0.717, 1.165) is 54.6 Å². The van der Waals surface area contributed by atoms with Crippen LogP contribution in [0.25, 0.3) is 0 Å². The number of hydrogen-bond acceptors (Lipinski definition) is 4. The van der Waals surface area contributed by atoms with E-state index < -0.39 is 6.10 Å². The van der Waals surface area contributed by atoms with Crippen molar-refractivity contribution in [3.8, 4) is 5.75 Å². The van der Waals surface area contributed by atoms with Gasteiger partial charge in [0, 0.05) is 31.2 Å². The molecular formula is C23H29ClN2O3. The van der Waals surface area contributed by atoms with E-state index in [9.17, 15) is 4.79 Å². The van der Waals surface area contributed by atoms with Crippen molar-refractivity contribution in [1.82, 2.24) is 10.2 Å². The number of hydrogen-bond donors (Lipinski definition) is 1. The fourth-order valence-corrected chi connectivity index (χ4v) is 3.45. The SMILES string of the molecule is Cc1cc(O[C@@H](C)C(=O)NCc2ccc(CN3CCOCC3)cc2)cc(C)c1Cl. The zero-order valence-electron chi connectivity index (χ0n) is 17.3. The molecule has 5 nitrogen and oxygen atoms in total. The van der Waals surface area contributed by atoms with Crippen molar-refractivity contribution >= 4 is 17.5 Å². The van der Waals surface area contributed by atoms with Crippen LogP contribution >= 0.6 is 11.6 Å². The summed E-state index contributed by atoms with van der Waals surface area (Å²) in [6.45, 7) is 10.6. The average molecular weight is 417 g/mol. The van der Waals surface area contributed by atoms with E-state index in [-0.39, 0.29) is 5.91 Å². The highest BCUT2D eigenvalue weighted by Crippen LogP contribution is 2.26. The second-order valence-electron chi connectivity index (χ2n) is 7.55. The Morgan fingerprint density at radius 3 is 2.34 bits per heavy atom. The monoisotopic (exact) mass is 416 g/mol. The van der Waals surface area contributed by atoms with Gasteiger partial charge >= 0.3 is 0 Å². The third kappa shape index (κ3) is 6.20. The Kier molecular flexibility index (Phi) is 7.53. The molecule has 0 aliphatic carbocycles. The first-order chi connectivity index (χ1) is 13.9. The molecular weight excluding hydrogens is 388 g/mol. The van der Waals surface area contributed by atoms with E-state index in [0.29, 0.717) is 12.3 Å². The van der Waals surface area contributed by atoms with E-state index in [1.54, 1.807) is 6.92 Å². The third-order valence-corrected chi connectivity index (χ3v) is 5.69. The van der Waals surface area contributed by atoms with E-state index in [2.05, 4.69) is 34.5 Å². The van der Waals surface area contributed by atoms with Gasteiger partial charge in [0.2, 0.25) is 0 Å². The molecule has 2 aromatic carbocycles. The van der Waals surface area contributed by atoms with Gasteiger partial charge < -0.3 is 14.8 Å². The molecule has 1 amide bonds. The van der Waals surface area contributed by atoms with Gasteiger partial charge in [-0.2, -0.15) is 0 Å². The van der Waals surface area contributed by atoms with Crippen LogP contribution in [0.5, 0.6) is 5.75 Å². The minimum Gasteiger partial charge on any atom is -0.481 e. The number of halogens is 1. The first-order valence-electron chi connectivity index (χ1n) is 10.0. The van der Waals surface area contributed by atoms with Crippen molar-refractivity contribution in [1.29, 1.82) is 0 Å². The number of nitrogens with zero attached hydrogens (tertiary/aromatic N) is 1. The predicted molar refractivity (Wildman–Crippen MR) is 115 cm³/mol. The summed E-state index contributed by atoms with van der Waals surface area (Å²) >= 11 is 6.19. The molecule has 3 rings (SSSR count). The van der Waals surface area contributed by atoms with Crippen molar-refractivity contribution in [2.45, 2.75) is 40.0 Å². The lowest BCUT2D eigenvalue weighted by molar-refractivity contribution is -0.127. The van der Waals surface area contributed by atoms with Crippen molar-refractivity contribution in [2.24, 2.45) is 0 Å². The number of aryl methyl sites for hydroxylation is 2. The van der Waals surface area contributed by atoms with Crippen LogP contribution in [0, 0.1) is 13.8 Å². The number of benzene rings is 2. The molecule has 0 unspecified atom stereocenters. The van der Waals surface area contributed by atoms with Crippen LogP contribution in [-0.2, 0) is 22.6 Å². The maximum Gasteiger partial charge on any atom is 0.261 e. The molecule has 2 aromatic rings. The molecule has 1 aliphatic heterocycles. The molecule has 1 heterocycles. The lowest BCUT2D eigenvalue weighted by atomic mass is 10.1. The number of morpholine rings is 1. The van der Waals surface area contributed by atoms with Gasteiger partial charge in [-0.05, 0) is 55.2 Å². The fourth-order valence-electron chi connectivity index (χ4n) is 3.34. The van der Waals surface area contributed by atoms with Crippen LogP contribution in [0.4, 0.5) is 0 Å². The number of nitrogens with one attached hydrogen (secondary N) is 1. The number of carbonyl (C=O) groups is 1. The van der Waals surface area contributed by atoms with Crippen LogP contribution in [0.1, 0.15) is 29.2 Å². The van der Waals surface area contributed by atoms with Crippen LogP contribution in [0.15, 0.2) is 36.4 Å². The quantitative estimate of drug-likeness (QED) is 0.744. The van der Waals surface area contributed by atoms with Gasteiger partial charge in [0.1, 0.15) is 5.75 Å². The Bertz CT molecular complexity index is 810. The van der Waals surface area contributed by atoms with Gasteiger partial charge in [-0.25, -0.2) is 0 Å². The van der Waals surface area contributed by atoms with Crippen LogP contribution in [-0.4, -0.2) is 43.2 Å². The number of ether oxygens (including phenoxy) is 2. The fraction of sp³-hybridized carbons (Fsp3) is 0.435. The maximum absolute atomic E-state index is 12.4. The Morgan fingerprint density at radius 1 is 1.14 bits per heavy atom. The van der Waals surface area contributed by atoms with Gasteiger partial charge in [-0.1, -0.05) is 35.9 Å². The molecule has 1 aliphatic rings. The van der Waals surface area contributed by atoms with Crippen molar-refractivity contribution < 1.29 is 14.3 Å². The largest absolute Gasteiger partial charge is 0.481 e. The highest BCUT2D eigenvalue weighted by Gasteiger charge is 2.16. The zero-order chi connectivity index (χ0) is 20.8. The molecule has 0 aromatic heterocycles. The molecule has 1 fully saturated rings. The van der Waals surface area contributed by atoms with Crippen molar-refractivity contribution in [3.63, 3.8) is 0 Å². The van der Waals surface area contributed by atoms with Gasteiger partial charge in [0.25, 0.3) is 5.91 Å². The van der Waals surface area contributed by atoms with Gasteiger partial charge in [0.15, 0.2) is 6.10 Å². The smallest absolute Gasteiger partial charge is 0.261 e. The first kappa shape index (κ1) is 21.6. The first-order valence-corrected chi connectivity index (χ1v) is 10.4. The Hall–Kier alpha value is -2.08. The Labute approximate surface area is 177 Å². The maximum atomic E-state index is 12.4. The molecule has 0 spiro atoms. The Balaban J connectivity index is 1.48. The summed E-state index contributed by atoms with van der Waals surface area (Å²) in [6, 6.07) is 12.1. The molecule has 0 bridgehead atoms. The summed E-state index contributed by atoms with van der Waals surface area (Å²) in [5, 5.41) is 3.67. The lowest BCUT2D eigenvalue weighted by Gasteiger charge is -2.26. The van der Waals surface area contributed by atoms with Crippen molar-refractivity contribution in [2.75, 3.05) is 26.3 Å². The van der Waals surface area contributed by atoms with Gasteiger partial charge in [-0.15, -0.1) is 0 Å². The summed E-state index contributed by atoms with van der Waals surface area (Å²) < 4.78 is 11.2. The Morgan fingerprint density at radius 2 is 1.72 bits per heavy atom. The molecule has 29 heavy (non-hydrogen) atoms. The molecule has 156 valence electrons. The van der Waals surface area contributed by atoms with Gasteiger partial charge in [-0.3, -0.25) is 9.69 Å². The van der Waals surface area contributed by atoms with Crippen LogP contribution < -0.4 is 10.1 Å². The number of rotatable bonds is 7. The second kappa shape index (κ2) is 10.1. The summed E-state index contributed by atoms with van der Waals surface area (Å²) in [5.74, 6) is 0.507. The van der Waals surface area contributed by atoms with E-state index in [1.165, 1.54) is 5.56 Å². The lowest BCUT2D eigenvalue weighted by Crippen LogP contribution is -2.36. The second-order valence-corrected chi connectivity index (χ2v) is 7.93. The molecule has 6 heteroatoms. The zero-order valence-corrected chi connectivity index (χ0v) is 18.1. The van der Waals surface area contributed by atoms with Crippen LogP contribution in [0.3, 0.4) is 0 Å². The minimum absolute atomic E-state index is 0.146. The molecule has 1 atom stereocenters. The molecule has 0 radical (unpaired) electrons. The summed E-state index contributed by atoms with van der Waals surface area (Å²) in [7, 11) is 0. The van der Waals surface area contributed by atoms with Crippen LogP contribution in [0.2, 0.25) is 5.02 Å². The van der Waals surface area contributed by atoms with E-state index >= 15 is 0 Å². The highest BCUT2D eigenvalue weighted by atomic mass is 35.5. The summed E-state index contributed by atoms with van der Waals surface area (Å²) in [5.41, 5.74) is 4.21. The topological polar surface area (TPSA) is 50.8 Å². The summed E-state index contributed by atoms with van der Waals surface area (Å²) in [6.07, 6.45) is -0.587. The minimum atomic E-state index is -0.587. The molecule has 1 saturated heterocycles. The molecule has 1 N–H and O–H groups in total. The standard InChI is InChI=1S/C23H29ClN2O3/c1-16-12-21(13-17(2)22(16)24)29-18(3)23(27)25-14-19-4-6-20(7-5-19)15-26-8-10-28-11-9-26/h4-7,12-13,18H,8-11,14-15H2,1-3H3,(H,25,27)/t18-/m0/s1. The number of carbonyl (C=O) groups excluding carboxylic acids is 1. The van der Waals surface area contributed by atoms with E-state index in [4.69, 9.17) is 21.1 Å². The van der Waals surface area contributed by atoms with E-state index in [1.807, 2.05) is 26.0 Å². The van der Waals surface area contributed by atoms with Crippen molar-refractivity contribution in [3.05, 3.63) is 63.7 Å². The third-order valence-electron chi connectivity index (χ3n) is 5.09. The highest BCUT2D eigenvalue weighted by molar-refractivity contribution is 6.32. The normalized spacial score (nSPS) is 15.7. The molecule has 0 saturated carbocycles. The summed E-state index contributed by atoms with van der Waals surface area (Å²) in [4.78, 5) is 14.8.